The molecule has 0 aliphatic carbocycles. The van der Waals surface area contributed by atoms with Crippen molar-refractivity contribution in [1.29, 1.82) is 0 Å². The summed E-state index contributed by atoms with van der Waals surface area (Å²) in [5.41, 5.74) is 5.58. The Morgan fingerprint density at radius 1 is 1.16 bits per heavy atom. The quantitative estimate of drug-likeness (QED) is 0.260. The van der Waals surface area contributed by atoms with Crippen LogP contribution in [0.5, 0.6) is 0 Å². The van der Waals surface area contributed by atoms with E-state index in [0.717, 1.165) is 19.4 Å². The van der Waals surface area contributed by atoms with Gasteiger partial charge in [0, 0.05) is 6.54 Å². The molecular weight excluding hydrogens is 414 g/mol. The second-order valence-electron chi connectivity index (χ2n) is 8.89. The minimum absolute atomic E-state index is 0.126. The molecule has 3 amide bonds. The zero-order chi connectivity index (χ0) is 23.7. The van der Waals surface area contributed by atoms with Crippen LogP contribution in [0.25, 0.3) is 0 Å². The summed E-state index contributed by atoms with van der Waals surface area (Å²) in [6, 6.07) is -2.79. The van der Waals surface area contributed by atoms with Crippen molar-refractivity contribution in [2.75, 3.05) is 19.6 Å². The molecule has 0 aromatic rings. The summed E-state index contributed by atoms with van der Waals surface area (Å²) in [6.07, 6.45) is 5.04. The van der Waals surface area contributed by atoms with E-state index in [4.69, 9.17) is 5.73 Å². The molecule has 6 N–H and O–H groups in total. The Balaban J connectivity index is 2.12. The van der Waals surface area contributed by atoms with Gasteiger partial charge in [0.25, 0.3) is 0 Å². The van der Waals surface area contributed by atoms with E-state index in [-0.39, 0.29) is 23.8 Å². The molecule has 0 aromatic carbocycles. The molecule has 182 valence electrons. The second-order valence-corrected chi connectivity index (χ2v) is 8.89. The van der Waals surface area contributed by atoms with Crippen molar-refractivity contribution >= 4 is 23.7 Å². The number of carbonyl (C=O) groups excluding carboxylic acids is 3. The van der Waals surface area contributed by atoms with Gasteiger partial charge in [0.1, 0.15) is 18.1 Å². The Labute approximate surface area is 190 Å². The van der Waals surface area contributed by atoms with Crippen molar-refractivity contribution in [2.45, 2.75) is 89.4 Å². The topological polar surface area (TPSA) is 154 Å². The van der Waals surface area contributed by atoms with E-state index in [1.165, 1.54) is 4.90 Å². The van der Waals surface area contributed by atoms with Crippen LogP contribution in [-0.4, -0.2) is 77.5 Å². The SMILES string of the molecule is CCC(C)C(NC(=O)C1CCCN1)C(=O)NC(CCCCN)C(=O)N1CCCC1C(=O)O. The van der Waals surface area contributed by atoms with Crippen molar-refractivity contribution in [3.8, 4) is 0 Å². The van der Waals surface area contributed by atoms with Crippen molar-refractivity contribution < 1.29 is 24.3 Å². The zero-order valence-corrected chi connectivity index (χ0v) is 19.3. The van der Waals surface area contributed by atoms with Crippen LogP contribution >= 0.6 is 0 Å². The van der Waals surface area contributed by atoms with E-state index in [1.807, 2.05) is 13.8 Å². The predicted molar refractivity (Wildman–Crippen MR) is 120 cm³/mol. The number of nitrogens with one attached hydrogen (secondary N) is 3. The lowest BCUT2D eigenvalue weighted by molar-refractivity contribution is -0.149. The highest BCUT2D eigenvalue weighted by molar-refractivity contribution is 5.94. The molecule has 0 bridgehead atoms. The fraction of sp³-hybridized carbons (Fsp3) is 0.818. The number of carboxylic acid groups (broad SMARTS) is 1. The van der Waals surface area contributed by atoms with Crippen LogP contribution in [0, 0.1) is 5.92 Å². The fourth-order valence-electron chi connectivity index (χ4n) is 4.36. The molecule has 2 fully saturated rings. The summed E-state index contributed by atoms with van der Waals surface area (Å²) in [5, 5.41) is 18.3. The van der Waals surface area contributed by atoms with E-state index in [9.17, 15) is 24.3 Å². The first-order valence-electron chi connectivity index (χ1n) is 11.9. The van der Waals surface area contributed by atoms with Gasteiger partial charge < -0.3 is 31.7 Å². The molecule has 2 aliphatic rings. The van der Waals surface area contributed by atoms with Gasteiger partial charge in [-0.15, -0.1) is 0 Å². The second kappa shape index (κ2) is 12.7. The van der Waals surface area contributed by atoms with Gasteiger partial charge in [0.05, 0.1) is 6.04 Å². The molecule has 0 aromatic heterocycles. The average Bonchev–Trinajstić information content (AvgIpc) is 3.48. The van der Waals surface area contributed by atoms with Crippen LogP contribution in [-0.2, 0) is 19.2 Å². The zero-order valence-electron chi connectivity index (χ0n) is 19.3. The Morgan fingerprint density at radius 2 is 1.91 bits per heavy atom. The first-order valence-corrected chi connectivity index (χ1v) is 11.9. The first kappa shape index (κ1) is 26.1. The molecule has 2 saturated heterocycles. The maximum absolute atomic E-state index is 13.2. The Bertz CT molecular complexity index is 667. The van der Waals surface area contributed by atoms with Gasteiger partial charge in [-0.2, -0.15) is 0 Å². The minimum Gasteiger partial charge on any atom is -0.480 e. The Kier molecular flexibility index (Phi) is 10.4. The van der Waals surface area contributed by atoms with Crippen LogP contribution in [0.3, 0.4) is 0 Å². The number of nitrogens with zero attached hydrogens (tertiary/aromatic N) is 1. The number of unbranched alkanes of at least 4 members (excludes halogenated alkanes) is 1. The van der Waals surface area contributed by atoms with Gasteiger partial charge in [-0.3, -0.25) is 14.4 Å². The highest BCUT2D eigenvalue weighted by atomic mass is 16.4. The normalized spacial score (nSPS) is 23.4. The molecule has 0 spiro atoms. The maximum atomic E-state index is 13.2. The number of carboxylic acids is 1. The maximum Gasteiger partial charge on any atom is 0.326 e. The molecule has 5 atom stereocenters. The van der Waals surface area contributed by atoms with Crippen LogP contribution in [0.15, 0.2) is 0 Å². The number of rotatable bonds is 12. The van der Waals surface area contributed by atoms with Crippen molar-refractivity contribution in [1.82, 2.24) is 20.9 Å². The number of carbonyl (C=O) groups is 4. The van der Waals surface area contributed by atoms with Crippen LogP contribution < -0.4 is 21.7 Å². The number of amides is 3. The number of likely N-dealkylation sites (tertiary alicyclic amines) is 1. The molecule has 2 aliphatic heterocycles. The summed E-state index contributed by atoms with van der Waals surface area (Å²) >= 11 is 0. The molecule has 32 heavy (non-hydrogen) atoms. The summed E-state index contributed by atoms with van der Waals surface area (Å²) < 4.78 is 0. The number of aliphatic carboxylic acids is 1. The summed E-state index contributed by atoms with van der Waals surface area (Å²) in [6.45, 7) is 5.43. The lowest BCUT2D eigenvalue weighted by Gasteiger charge is -2.30. The van der Waals surface area contributed by atoms with E-state index < -0.39 is 30.0 Å². The van der Waals surface area contributed by atoms with Gasteiger partial charge in [-0.25, -0.2) is 4.79 Å². The molecular formula is C22H39N5O5. The minimum atomic E-state index is -1.03. The van der Waals surface area contributed by atoms with Crippen LogP contribution in [0.2, 0.25) is 0 Å². The van der Waals surface area contributed by atoms with Crippen molar-refractivity contribution in [3.05, 3.63) is 0 Å². The molecule has 10 heteroatoms. The number of hydrogen-bond acceptors (Lipinski definition) is 6. The van der Waals surface area contributed by atoms with E-state index >= 15 is 0 Å². The van der Waals surface area contributed by atoms with Gasteiger partial charge in [-0.1, -0.05) is 20.3 Å². The van der Waals surface area contributed by atoms with Crippen molar-refractivity contribution in [2.24, 2.45) is 11.7 Å². The molecule has 2 heterocycles. The third-order valence-corrected chi connectivity index (χ3v) is 6.55. The average molecular weight is 454 g/mol. The van der Waals surface area contributed by atoms with Gasteiger partial charge in [0.2, 0.25) is 17.7 Å². The smallest absolute Gasteiger partial charge is 0.326 e. The van der Waals surface area contributed by atoms with Crippen LogP contribution in [0.4, 0.5) is 0 Å². The number of nitrogens with two attached hydrogens (primary N) is 1. The molecule has 0 radical (unpaired) electrons. The Morgan fingerprint density at radius 3 is 2.50 bits per heavy atom. The monoisotopic (exact) mass is 453 g/mol. The summed E-state index contributed by atoms with van der Waals surface area (Å²) in [4.78, 5) is 52.0. The standard InChI is InChI=1S/C22H39N5O5/c1-3-14(2)18(26-19(28)15-9-6-12-24-15)20(29)25-16(8-4-5-11-23)21(30)27-13-7-10-17(27)22(31)32/h14-18,24H,3-13,23H2,1-2H3,(H,25,29)(H,26,28)(H,31,32). The third-order valence-electron chi connectivity index (χ3n) is 6.55. The molecule has 5 unspecified atom stereocenters. The highest BCUT2D eigenvalue weighted by Crippen LogP contribution is 2.20. The lowest BCUT2D eigenvalue weighted by atomic mass is 9.96. The van der Waals surface area contributed by atoms with Crippen LogP contribution in [0.1, 0.15) is 65.2 Å². The highest BCUT2D eigenvalue weighted by Gasteiger charge is 2.39. The van der Waals surface area contributed by atoms with E-state index in [2.05, 4.69) is 16.0 Å². The lowest BCUT2D eigenvalue weighted by Crippen LogP contribution is -2.58. The third kappa shape index (κ3) is 6.90. The van der Waals surface area contributed by atoms with Crippen molar-refractivity contribution in [3.63, 3.8) is 0 Å². The van der Waals surface area contributed by atoms with E-state index in [0.29, 0.717) is 51.6 Å². The molecule has 2 rings (SSSR count). The Hall–Kier alpha value is -2.20. The first-order chi connectivity index (χ1) is 15.3. The van der Waals surface area contributed by atoms with Gasteiger partial charge >= 0.3 is 5.97 Å². The number of hydrogen-bond donors (Lipinski definition) is 5. The predicted octanol–water partition coefficient (Wildman–Crippen LogP) is -0.0413. The van der Waals surface area contributed by atoms with Gasteiger partial charge in [0.15, 0.2) is 0 Å². The molecule has 10 nitrogen and oxygen atoms in total. The largest absolute Gasteiger partial charge is 0.480 e. The molecule has 0 saturated carbocycles. The fourth-order valence-corrected chi connectivity index (χ4v) is 4.36. The summed E-state index contributed by atoms with van der Waals surface area (Å²) in [7, 11) is 0. The van der Waals surface area contributed by atoms with E-state index in [1.54, 1.807) is 0 Å². The van der Waals surface area contributed by atoms with Gasteiger partial charge in [-0.05, 0) is 64.0 Å². The summed E-state index contributed by atoms with van der Waals surface area (Å²) in [5.74, 6) is -2.16.